The Kier molecular flexibility index (Phi) is 7.85. The van der Waals surface area contributed by atoms with Gasteiger partial charge in [0.2, 0.25) is 11.8 Å². The molecule has 0 unspecified atom stereocenters. The van der Waals surface area contributed by atoms with E-state index in [2.05, 4.69) is 5.32 Å². The third-order valence-electron chi connectivity index (χ3n) is 6.15. The van der Waals surface area contributed by atoms with Crippen molar-refractivity contribution in [2.75, 3.05) is 19.1 Å². The summed E-state index contributed by atoms with van der Waals surface area (Å²) < 4.78 is 10.7. The first-order chi connectivity index (χ1) is 16.6. The van der Waals surface area contributed by atoms with Crippen molar-refractivity contribution in [1.29, 1.82) is 0 Å². The molecule has 4 rings (SSSR count). The Labute approximate surface area is 204 Å². The largest absolute Gasteiger partial charge is 0.497 e. The zero-order valence-corrected chi connectivity index (χ0v) is 20.3. The molecule has 2 aromatic carbocycles. The predicted octanol–water partition coefficient (Wildman–Crippen LogP) is 5.14. The van der Waals surface area contributed by atoms with Gasteiger partial charge in [-0.15, -0.1) is 11.3 Å². The molecule has 3 aromatic rings. The minimum Gasteiger partial charge on any atom is -0.497 e. The maximum atomic E-state index is 13.8. The zero-order valence-electron chi connectivity index (χ0n) is 19.5. The second-order valence-corrected chi connectivity index (χ2v) is 9.42. The van der Waals surface area contributed by atoms with E-state index in [1.165, 1.54) is 11.3 Å². The molecule has 1 heterocycles. The minimum atomic E-state index is -0.828. The Balaban J connectivity index is 1.77. The lowest BCUT2D eigenvalue weighted by molar-refractivity contribution is -0.127. The van der Waals surface area contributed by atoms with E-state index in [4.69, 9.17) is 9.47 Å². The number of carbonyl (C=O) groups excluding carboxylic acids is 2. The topological polar surface area (TPSA) is 67.9 Å². The van der Waals surface area contributed by atoms with Crippen molar-refractivity contribution in [2.24, 2.45) is 0 Å². The summed E-state index contributed by atoms with van der Waals surface area (Å²) in [5, 5.41) is 5.16. The first kappa shape index (κ1) is 23.8. The number of thiophene rings is 1. The van der Waals surface area contributed by atoms with Crippen LogP contribution in [0.4, 0.5) is 5.69 Å². The molecule has 7 heteroatoms. The number of anilines is 1. The van der Waals surface area contributed by atoms with E-state index in [1.807, 2.05) is 60.0 Å². The van der Waals surface area contributed by atoms with E-state index in [0.717, 1.165) is 36.1 Å². The van der Waals surface area contributed by atoms with Crippen LogP contribution < -0.4 is 19.7 Å². The number of amides is 2. The number of hydrogen-bond donors (Lipinski definition) is 1. The average molecular weight is 479 g/mol. The van der Waals surface area contributed by atoms with Crippen LogP contribution in [0.15, 0.2) is 66.0 Å². The summed E-state index contributed by atoms with van der Waals surface area (Å²) in [5.74, 6) is 0.977. The maximum Gasteiger partial charge on any atom is 0.248 e. The van der Waals surface area contributed by atoms with Crippen molar-refractivity contribution in [3.8, 4) is 11.5 Å². The first-order valence-corrected chi connectivity index (χ1v) is 12.4. The normalized spacial score (nSPS) is 14.4. The summed E-state index contributed by atoms with van der Waals surface area (Å²) in [6.45, 7) is 0. The second-order valence-electron chi connectivity index (χ2n) is 8.39. The molecule has 34 heavy (non-hydrogen) atoms. The molecule has 1 aliphatic rings. The fourth-order valence-corrected chi connectivity index (χ4v) is 5.09. The zero-order chi connectivity index (χ0) is 23.9. The third kappa shape index (κ3) is 5.59. The molecule has 0 aliphatic heterocycles. The molecule has 0 spiro atoms. The quantitative estimate of drug-likeness (QED) is 0.462. The van der Waals surface area contributed by atoms with Crippen LogP contribution in [0.3, 0.4) is 0 Å². The van der Waals surface area contributed by atoms with Gasteiger partial charge in [0.15, 0.2) is 0 Å². The van der Waals surface area contributed by atoms with E-state index in [-0.39, 0.29) is 24.3 Å². The first-order valence-electron chi connectivity index (χ1n) is 11.5. The molecule has 0 radical (unpaired) electrons. The van der Waals surface area contributed by atoms with Crippen molar-refractivity contribution < 1.29 is 19.1 Å². The molecule has 1 fully saturated rings. The SMILES string of the molecule is COc1ccc([C@@H](C(=O)NC2CCCC2)N(C(=O)Cc2cccs2)c2cccc(OC)c2)cc1. The smallest absolute Gasteiger partial charge is 0.248 e. The summed E-state index contributed by atoms with van der Waals surface area (Å²) in [5.41, 5.74) is 1.34. The van der Waals surface area contributed by atoms with Crippen LogP contribution in [0, 0.1) is 0 Å². The van der Waals surface area contributed by atoms with Gasteiger partial charge in [0.1, 0.15) is 17.5 Å². The Bertz CT molecular complexity index is 1090. The molecule has 1 saturated carbocycles. The number of carbonyl (C=O) groups is 2. The molecule has 1 aliphatic carbocycles. The highest BCUT2D eigenvalue weighted by Gasteiger charge is 2.34. The molecule has 0 bridgehead atoms. The van der Waals surface area contributed by atoms with Gasteiger partial charge in [0, 0.05) is 22.7 Å². The van der Waals surface area contributed by atoms with Crippen LogP contribution in [0.1, 0.15) is 42.2 Å². The van der Waals surface area contributed by atoms with E-state index in [0.29, 0.717) is 17.2 Å². The number of methoxy groups -OCH3 is 2. The molecular weight excluding hydrogens is 448 g/mol. The summed E-state index contributed by atoms with van der Waals surface area (Å²) in [6.07, 6.45) is 4.34. The highest BCUT2D eigenvalue weighted by Crippen LogP contribution is 2.33. The number of rotatable bonds is 9. The van der Waals surface area contributed by atoms with Crippen molar-refractivity contribution in [2.45, 2.75) is 44.2 Å². The molecule has 1 atom stereocenters. The van der Waals surface area contributed by atoms with Crippen molar-refractivity contribution in [1.82, 2.24) is 5.32 Å². The fraction of sp³-hybridized carbons (Fsp3) is 0.333. The van der Waals surface area contributed by atoms with E-state index in [9.17, 15) is 9.59 Å². The summed E-state index contributed by atoms with van der Waals surface area (Å²) in [4.78, 5) is 30.1. The van der Waals surface area contributed by atoms with Gasteiger partial charge in [-0.1, -0.05) is 37.1 Å². The molecule has 178 valence electrons. The summed E-state index contributed by atoms with van der Waals surface area (Å²) in [7, 11) is 3.19. The summed E-state index contributed by atoms with van der Waals surface area (Å²) in [6, 6.07) is 17.8. The van der Waals surface area contributed by atoms with Crippen LogP contribution in [0.5, 0.6) is 11.5 Å². The van der Waals surface area contributed by atoms with Crippen LogP contribution in [-0.4, -0.2) is 32.1 Å². The number of ether oxygens (including phenoxy) is 2. The average Bonchev–Trinajstić information content (AvgIpc) is 3.57. The highest BCUT2D eigenvalue weighted by molar-refractivity contribution is 7.10. The highest BCUT2D eigenvalue weighted by atomic mass is 32.1. The van der Waals surface area contributed by atoms with Gasteiger partial charge in [0.05, 0.1) is 20.6 Å². The third-order valence-corrected chi connectivity index (χ3v) is 7.02. The van der Waals surface area contributed by atoms with Crippen molar-refractivity contribution >= 4 is 28.8 Å². The lowest BCUT2D eigenvalue weighted by Crippen LogP contribution is -2.46. The van der Waals surface area contributed by atoms with Gasteiger partial charge in [0.25, 0.3) is 0 Å². The monoisotopic (exact) mass is 478 g/mol. The van der Waals surface area contributed by atoms with Crippen LogP contribution in [-0.2, 0) is 16.0 Å². The van der Waals surface area contributed by atoms with E-state index in [1.54, 1.807) is 25.2 Å². The molecule has 1 N–H and O–H groups in total. The lowest BCUT2D eigenvalue weighted by Gasteiger charge is -2.32. The van der Waals surface area contributed by atoms with Gasteiger partial charge in [-0.3, -0.25) is 14.5 Å². The molecule has 2 amide bonds. The molecule has 0 saturated heterocycles. The van der Waals surface area contributed by atoms with Gasteiger partial charge in [-0.2, -0.15) is 0 Å². The van der Waals surface area contributed by atoms with Gasteiger partial charge in [-0.05, 0) is 54.1 Å². The predicted molar refractivity (Wildman–Crippen MR) is 135 cm³/mol. The molecular formula is C27H30N2O4S. The van der Waals surface area contributed by atoms with Crippen molar-refractivity contribution in [3.05, 3.63) is 76.5 Å². The number of hydrogen-bond acceptors (Lipinski definition) is 5. The molecule has 1 aromatic heterocycles. The van der Waals surface area contributed by atoms with Crippen LogP contribution in [0.2, 0.25) is 0 Å². The number of nitrogens with zero attached hydrogens (tertiary/aromatic N) is 1. The standard InChI is InChI=1S/C27H30N2O4S/c1-32-22-14-12-19(13-15-22)26(27(31)28-20-7-3-4-8-20)29(21-9-5-10-23(17-21)33-2)25(30)18-24-11-6-16-34-24/h5-6,9-17,20,26H,3-4,7-8,18H2,1-2H3,(H,28,31)/t26-/m0/s1. The Morgan fingerprint density at radius 2 is 1.74 bits per heavy atom. The number of nitrogens with one attached hydrogen (secondary N) is 1. The van der Waals surface area contributed by atoms with Gasteiger partial charge >= 0.3 is 0 Å². The Morgan fingerprint density at radius 3 is 2.38 bits per heavy atom. The second kappa shape index (κ2) is 11.2. The van der Waals surface area contributed by atoms with Gasteiger partial charge in [-0.25, -0.2) is 0 Å². The minimum absolute atomic E-state index is 0.132. The lowest BCUT2D eigenvalue weighted by atomic mass is 10.0. The van der Waals surface area contributed by atoms with Crippen LogP contribution >= 0.6 is 11.3 Å². The van der Waals surface area contributed by atoms with E-state index >= 15 is 0 Å². The Hall–Kier alpha value is -3.32. The summed E-state index contributed by atoms with van der Waals surface area (Å²) >= 11 is 1.53. The van der Waals surface area contributed by atoms with Crippen LogP contribution in [0.25, 0.3) is 0 Å². The fourth-order valence-electron chi connectivity index (χ4n) is 4.40. The number of benzene rings is 2. The molecule has 6 nitrogen and oxygen atoms in total. The van der Waals surface area contributed by atoms with Crippen molar-refractivity contribution in [3.63, 3.8) is 0 Å². The maximum absolute atomic E-state index is 13.8. The Morgan fingerprint density at radius 1 is 1.00 bits per heavy atom. The van der Waals surface area contributed by atoms with Gasteiger partial charge < -0.3 is 14.8 Å². The van der Waals surface area contributed by atoms with E-state index < -0.39 is 6.04 Å².